The fourth-order valence-electron chi connectivity index (χ4n) is 1.35. The van der Waals surface area contributed by atoms with E-state index in [2.05, 4.69) is 20.9 Å². The first-order valence-corrected chi connectivity index (χ1v) is 5.80. The standard InChI is InChI=1S/C11H8BrClN2O/c12-9-4-2-6-15(11(9)16)7-8-3-1-5-14-10(8)13/h1-6H,7H2. The second-order valence-electron chi connectivity index (χ2n) is 3.24. The van der Waals surface area contributed by atoms with Gasteiger partial charge in [0.2, 0.25) is 0 Å². The molecule has 0 fully saturated rings. The summed E-state index contributed by atoms with van der Waals surface area (Å²) < 4.78 is 2.11. The van der Waals surface area contributed by atoms with E-state index in [1.54, 1.807) is 35.2 Å². The molecule has 2 rings (SSSR count). The summed E-state index contributed by atoms with van der Waals surface area (Å²) in [4.78, 5) is 15.7. The topological polar surface area (TPSA) is 34.9 Å². The third-order valence-electron chi connectivity index (χ3n) is 2.15. The third-order valence-corrected chi connectivity index (χ3v) is 3.09. The van der Waals surface area contributed by atoms with Gasteiger partial charge in [0.1, 0.15) is 5.15 Å². The van der Waals surface area contributed by atoms with Gasteiger partial charge in [-0.25, -0.2) is 4.98 Å². The molecule has 0 aliphatic heterocycles. The van der Waals surface area contributed by atoms with Crippen molar-refractivity contribution in [2.24, 2.45) is 0 Å². The van der Waals surface area contributed by atoms with Crippen molar-refractivity contribution in [1.82, 2.24) is 9.55 Å². The lowest BCUT2D eigenvalue weighted by atomic mass is 10.3. The maximum atomic E-state index is 11.7. The van der Waals surface area contributed by atoms with Gasteiger partial charge in [-0.05, 0) is 34.1 Å². The van der Waals surface area contributed by atoms with E-state index in [1.807, 2.05) is 6.07 Å². The van der Waals surface area contributed by atoms with Crippen LogP contribution in [0.2, 0.25) is 5.15 Å². The summed E-state index contributed by atoms with van der Waals surface area (Å²) in [6.07, 6.45) is 3.34. The van der Waals surface area contributed by atoms with Crippen LogP contribution in [0.4, 0.5) is 0 Å². The zero-order valence-electron chi connectivity index (χ0n) is 8.23. The van der Waals surface area contributed by atoms with Crippen molar-refractivity contribution < 1.29 is 0 Å². The zero-order chi connectivity index (χ0) is 11.5. The van der Waals surface area contributed by atoms with Crippen LogP contribution in [0.3, 0.4) is 0 Å². The Kier molecular flexibility index (Phi) is 3.41. The first-order chi connectivity index (χ1) is 7.68. The van der Waals surface area contributed by atoms with E-state index < -0.39 is 0 Å². The zero-order valence-corrected chi connectivity index (χ0v) is 10.6. The molecule has 0 N–H and O–H groups in total. The van der Waals surface area contributed by atoms with Gasteiger partial charge in [0.15, 0.2) is 0 Å². The van der Waals surface area contributed by atoms with E-state index in [4.69, 9.17) is 11.6 Å². The predicted molar refractivity (Wildman–Crippen MR) is 66.8 cm³/mol. The molecule has 2 aromatic rings. The van der Waals surface area contributed by atoms with E-state index in [-0.39, 0.29) is 5.56 Å². The van der Waals surface area contributed by atoms with Gasteiger partial charge in [-0.2, -0.15) is 0 Å². The minimum absolute atomic E-state index is 0.0811. The summed E-state index contributed by atoms with van der Waals surface area (Å²) in [5, 5.41) is 0.425. The minimum Gasteiger partial charge on any atom is -0.310 e. The molecular formula is C11H8BrClN2O. The lowest BCUT2D eigenvalue weighted by molar-refractivity contribution is 0.752. The summed E-state index contributed by atoms with van der Waals surface area (Å²) >= 11 is 9.12. The molecule has 2 aromatic heterocycles. The highest BCUT2D eigenvalue weighted by molar-refractivity contribution is 9.10. The second kappa shape index (κ2) is 4.80. The van der Waals surface area contributed by atoms with Crippen LogP contribution in [0.25, 0.3) is 0 Å². The fourth-order valence-corrected chi connectivity index (χ4v) is 1.91. The van der Waals surface area contributed by atoms with E-state index in [0.29, 0.717) is 16.2 Å². The average molecular weight is 300 g/mol. The van der Waals surface area contributed by atoms with Gasteiger partial charge < -0.3 is 4.57 Å². The molecule has 0 saturated heterocycles. The molecule has 0 radical (unpaired) electrons. The molecule has 5 heteroatoms. The molecular weight excluding hydrogens is 291 g/mol. The van der Waals surface area contributed by atoms with Crippen LogP contribution in [0, 0.1) is 0 Å². The lowest BCUT2D eigenvalue weighted by Gasteiger charge is -2.06. The lowest BCUT2D eigenvalue weighted by Crippen LogP contribution is -2.20. The Labute approximate surface area is 106 Å². The molecule has 16 heavy (non-hydrogen) atoms. The van der Waals surface area contributed by atoms with Crippen LogP contribution in [0.5, 0.6) is 0 Å². The monoisotopic (exact) mass is 298 g/mol. The number of pyridine rings is 2. The normalized spacial score (nSPS) is 10.4. The highest BCUT2D eigenvalue weighted by Crippen LogP contribution is 2.12. The Hall–Kier alpha value is -1.13. The van der Waals surface area contributed by atoms with E-state index in [1.165, 1.54) is 0 Å². The van der Waals surface area contributed by atoms with Crippen molar-refractivity contribution in [2.75, 3.05) is 0 Å². The molecule has 0 amide bonds. The third kappa shape index (κ3) is 2.33. The van der Waals surface area contributed by atoms with Crippen molar-refractivity contribution in [2.45, 2.75) is 6.54 Å². The molecule has 2 heterocycles. The number of hydrogen-bond acceptors (Lipinski definition) is 2. The molecule has 0 aliphatic carbocycles. The Balaban J connectivity index is 2.39. The number of hydrogen-bond donors (Lipinski definition) is 0. The Morgan fingerprint density at radius 1 is 1.38 bits per heavy atom. The van der Waals surface area contributed by atoms with Gasteiger partial charge in [0.25, 0.3) is 5.56 Å². The van der Waals surface area contributed by atoms with Crippen LogP contribution in [0.1, 0.15) is 5.56 Å². The Morgan fingerprint density at radius 2 is 2.19 bits per heavy atom. The van der Waals surface area contributed by atoms with E-state index >= 15 is 0 Å². The summed E-state index contributed by atoms with van der Waals surface area (Å²) in [7, 11) is 0. The highest BCUT2D eigenvalue weighted by atomic mass is 79.9. The van der Waals surface area contributed by atoms with Gasteiger partial charge in [0, 0.05) is 18.0 Å². The number of aromatic nitrogens is 2. The van der Waals surface area contributed by atoms with Gasteiger partial charge in [-0.1, -0.05) is 17.7 Å². The molecule has 3 nitrogen and oxygen atoms in total. The molecule has 0 aromatic carbocycles. The molecule has 0 unspecified atom stereocenters. The molecule has 0 atom stereocenters. The molecule has 0 saturated carbocycles. The molecule has 0 aliphatic rings. The summed E-state index contributed by atoms with van der Waals surface area (Å²) in [6, 6.07) is 7.16. The predicted octanol–water partition coefficient (Wildman–Crippen LogP) is 2.71. The van der Waals surface area contributed by atoms with Gasteiger partial charge in [0.05, 0.1) is 11.0 Å². The van der Waals surface area contributed by atoms with Crippen molar-refractivity contribution >= 4 is 27.5 Å². The highest BCUT2D eigenvalue weighted by Gasteiger charge is 2.04. The summed E-state index contributed by atoms with van der Waals surface area (Å²) in [5.41, 5.74) is 0.742. The van der Waals surface area contributed by atoms with Gasteiger partial charge >= 0.3 is 0 Å². The van der Waals surface area contributed by atoms with Crippen LogP contribution >= 0.6 is 27.5 Å². The average Bonchev–Trinajstić information content (AvgIpc) is 2.28. The van der Waals surface area contributed by atoms with Crippen molar-refractivity contribution in [3.05, 3.63) is 62.2 Å². The second-order valence-corrected chi connectivity index (χ2v) is 4.45. The Morgan fingerprint density at radius 3 is 2.94 bits per heavy atom. The number of halogens is 2. The number of rotatable bonds is 2. The maximum absolute atomic E-state index is 11.7. The van der Waals surface area contributed by atoms with E-state index in [9.17, 15) is 4.79 Å². The quantitative estimate of drug-likeness (QED) is 0.799. The first kappa shape index (κ1) is 11.4. The van der Waals surface area contributed by atoms with Crippen molar-refractivity contribution in [3.8, 4) is 0 Å². The van der Waals surface area contributed by atoms with Crippen LogP contribution in [-0.2, 0) is 6.54 Å². The molecule has 0 bridgehead atoms. The van der Waals surface area contributed by atoms with Crippen LogP contribution in [-0.4, -0.2) is 9.55 Å². The first-order valence-electron chi connectivity index (χ1n) is 4.63. The number of nitrogens with zero attached hydrogens (tertiary/aromatic N) is 2. The smallest absolute Gasteiger partial charge is 0.265 e. The summed E-state index contributed by atoms with van der Waals surface area (Å²) in [6.45, 7) is 0.422. The van der Waals surface area contributed by atoms with E-state index in [0.717, 1.165) is 5.56 Å². The fraction of sp³-hybridized carbons (Fsp3) is 0.0909. The van der Waals surface area contributed by atoms with Crippen LogP contribution in [0.15, 0.2) is 45.9 Å². The van der Waals surface area contributed by atoms with Crippen molar-refractivity contribution in [3.63, 3.8) is 0 Å². The Bertz CT molecular complexity index is 568. The van der Waals surface area contributed by atoms with Gasteiger partial charge in [-0.15, -0.1) is 0 Å². The largest absolute Gasteiger partial charge is 0.310 e. The molecule has 0 spiro atoms. The van der Waals surface area contributed by atoms with Gasteiger partial charge in [-0.3, -0.25) is 4.79 Å². The SMILES string of the molecule is O=c1c(Br)cccn1Cc1cccnc1Cl. The summed E-state index contributed by atoms with van der Waals surface area (Å²) in [5.74, 6) is 0. The minimum atomic E-state index is -0.0811. The van der Waals surface area contributed by atoms with Crippen molar-refractivity contribution in [1.29, 1.82) is 0 Å². The van der Waals surface area contributed by atoms with Crippen LogP contribution < -0.4 is 5.56 Å². The maximum Gasteiger partial charge on any atom is 0.265 e. The molecule has 82 valence electrons.